The second kappa shape index (κ2) is 7.55. The number of hydrogen-bond donors (Lipinski definition) is 1. The van der Waals surface area contributed by atoms with E-state index in [0.717, 1.165) is 38.8 Å². The number of unbranched alkanes of at least 4 members (excludes halogenated alkanes) is 1. The van der Waals surface area contributed by atoms with Gasteiger partial charge in [0, 0.05) is 25.0 Å². The first-order chi connectivity index (χ1) is 11.7. The number of rotatable bonds is 5. The molecule has 1 aliphatic rings. The zero-order chi connectivity index (χ0) is 16.9. The predicted octanol–water partition coefficient (Wildman–Crippen LogP) is 2.90. The largest absolute Gasteiger partial charge is 0.356 e. The minimum atomic E-state index is -0.345. The van der Waals surface area contributed by atoms with Crippen LogP contribution in [0.1, 0.15) is 32.6 Å². The van der Waals surface area contributed by atoms with Gasteiger partial charge in [0.25, 0.3) is 0 Å². The molecule has 3 rings (SSSR count). The molecule has 1 saturated heterocycles. The van der Waals surface area contributed by atoms with Crippen molar-refractivity contribution >= 4 is 22.6 Å². The Morgan fingerprint density at radius 1 is 1.42 bits per heavy atom. The zero-order valence-electron chi connectivity index (χ0n) is 14.0. The Kier molecular flexibility index (Phi) is 5.23. The van der Waals surface area contributed by atoms with Gasteiger partial charge in [-0.2, -0.15) is 0 Å². The van der Waals surface area contributed by atoms with Gasteiger partial charge in [0.2, 0.25) is 5.91 Å². The molecule has 2 heterocycles. The monoisotopic (exact) mass is 330 g/mol. The average Bonchev–Trinajstić information content (AvgIpc) is 2.62. The third-order valence-corrected chi connectivity index (χ3v) is 4.52. The van der Waals surface area contributed by atoms with Crippen LogP contribution in [-0.2, 0) is 4.79 Å². The normalized spacial score (nSPS) is 17.9. The maximum Gasteiger partial charge on any atom is 0.224 e. The highest BCUT2D eigenvalue weighted by molar-refractivity contribution is 5.90. The van der Waals surface area contributed by atoms with Crippen molar-refractivity contribution in [2.45, 2.75) is 32.6 Å². The Morgan fingerprint density at radius 3 is 3.12 bits per heavy atom. The average molecular weight is 330 g/mol. The van der Waals surface area contributed by atoms with Gasteiger partial charge in [-0.15, -0.1) is 0 Å². The van der Waals surface area contributed by atoms with E-state index in [9.17, 15) is 9.18 Å². The van der Waals surface area contributed by atoms with Crippen LogP contribution in [0.3, 0.4) is 0 Å². The van der Waals surface area contributed by atoms with Gasteiger partial charge in [-0.25, -0.2) is 14.4 Å². The molecule has 0 bridgehead atoms. The smallest absolute Gasteiger partial charge is 0.224 e. The fourth-order valence-electron chi connectivity index (χ4n) is 3.21. The number of nitrogens with zero attached hydrogens (tertiary/aromatic N) is 3. The van der Waals surface area contributed by atoms with Gasteiger partial charge in [-0.1, -0.05) is 19.4 Å². The van der Waals surface area contributed by atoms with E-state index < -0.39 is 0 Å². The Morgan fingerprint density at radius 2 is 2.29 bits per heavy atom. The van der Waals surface area contributed by atoms with Crippen LogP contribution in [-0.4, -0.2) is 35.5 Å². The van der Waals surface area contributed by atoms with Gasteiger partial charge < -0.3 is 10.2 Å². The summed E-state index contributed by atoms with van der Waals surface area (Å²) in [4.78, 5) is 22.8. The maximum atomic E-state index is 13.9. The molecule has 2 aromatic rings. The molecule has 1 aliphatic heterocycles. The number of piperidine rings is 1. The maximum absolute atomic E-state index is 13.9. The molecule has 1 atom stereocenters. The summed E-state index contributed by atoms with van der Waals surface area (Å²) >= 11 is 0. The Hall–Kier alpha value is -2.24. The summed E-state index contributed by atoms with van der Waals surface area (Å²) in [5.41, 5.74) is 0.331. The van der Waals surface area contributed by atoms with Gasteiger partial charge in [0.1, 0.15) is 23.5 Å². The molecular formula is C18H23FN4O. The van der Waals surface area contributed by atoms with Crippen molar-refractivity contribution in [1.82, 2.24) is 15.3 Å². The van der Waals surface area contributed by atoms with Crippen molar-refractivity contribution < 1.29 is 9.18 Å². The SMILES string of the molecule is CCCCNC(=O)C1CCCN(c2ncnc3c(F)cccc23)C1. The van der Waals surface area contributed by atoms with Crippen LogP contribution >= 0.6 is 0 Å². The molecule has 0 spiro atoms. The third kappa shape index (κ3) is 3.47. The summed E-state index contributed by atoms with van der Waals surface area (Å²) in [6, 6.07) is 4.90. The Bertz CT molecular complexity index is 721. The molecule has 24 heavy (non-hydrogen) atoms. The number of benzene rings is 1. The van der Waals surface area contributed by atoms with E-state index in [-0.39, 0.29) is 17.6 Å². The lowest BCUT2D eigenvalue weighted by Gasteiger charge is -2.33. The van der Waals surface area contributed by atoms with Crippen molar-refractivity contribution in [3.8, 4) is 0 Å². The second-order valence-corrected chi connectivity index (χ2v) is 6.26. The highest BCUT2D eigenvalue weighted by Gasteiger charge is 2.27. The number of anilines is 1. The summed E-state index contributed by atoms with van der Waals surface area (Å²) in [5.74, 6) is 0.430. The molecule has 128 valence electrons. The molecule has 0 aliphatic carbocycles. The first-order valence-electron chi connectivity index (χ1n) is 8.62. The minimum Gasteiger partial charge on any atom is -0.356 e. The highest BCUT2D eigenvalue weighted by Crippen LogP contribution is 2.28. The molecule has 6 heteroatoms. The molecular weight excluding hydrogens is 307 g/mol. The van der Waals surface area contributed by atoms with Crippen molar-refractivity contribution in [1.29, 1.82) is 0 Å². The fourth-order valence-corrected chi connectivity index (χ4v) is 3.21. The summed E-state index contributed by atoms with van der Waals surface area (Å²) in [5, 5.41) is 3.71. The first-order valence-corrected chi connectivity index (χ1v) is 8.62. The zero-order valence-corrected chi connectivity index (χ0v) is 14.0. The molecule has 0 saturated carbocycles. The molecule has 1 amide bonds. The molecule has 1 aromatic heterocycles. The lowest BCUT2D eigenvalue weighted by atomic mass is 9.96. The number of amides is 1. The van der Waals surface area contributed by atoms with Gasteiger partial charge in [-0.05, 0) is 31.4 Å². The van der Waals surface area contributed by atoms with Crippen LogP contribution in [0.4, 0.5) is 10.2 Å². The van der Waals surface area contributed by atoms with E-state index in [4.69, 9.17) is 0 Å². The second-order valence-electron chi connectivity index (χ2n) is 6.26. The van der Waals surface area contributed by atoms with E-state index in [1.165, 1.54) is 12.4 Å². The molecule has 1 aromatic carbocycles. The van der Waals surface area contributed by atoms with Gasteiger partial charge >= 0.3 is 0 Å². The number of hydrogen-bond acceptors (Lipinski definition) is 4. The standard InChI is InChI=1S/C18H23FN4O/c1-2-3-9-20-18(24)13-6-5-10-23(11-13)17-14-7-4-8-15(19)16(14)21-12-22-17/h4,7-8,12-13H,2-3,5-6,9-11H2,1H3,(H,20,24). The number of fused-ring (bicyclic) bond motifs is 1. The van der Waals surface area contributed by atoms with E-state index in [1.807, 2.05) is 6.07 Å². The van der Waals surface area contributed by atoms with Crippen LogP contribution in [0.25, 0.3) is 10.9 Å². The van der Waals surface area contributed by atoms with Crippen molar-refractivity contribution in [2.24, 2.45) is 5.92 Å². The summed E-state index contributed by atoms with van der Waals surface area (Å²) in [7, 11) is 0. The number of para-hydroxylation sites is 1. The topological polar surface area (TPSA) is 58.1 Å². The molecule has 1 N–H and O–H groups in total. The predicted molar refractivity (Wildman–Crippen MR) is 92.4 cm³/mol. The van der Waals surface area contributed by atoms with Crippen LogP contribution in [0.15, 0.2) is 24.5 Å². The lowest BCUT2D eigenvalue weighted by molar-refractivity contribution is -0.125. The number of aromatic nitrogens is 2. The molecule has 1 unspecified atom stereocenters. The molecule has 1 fully saturated rings. The number of halogens is 1. The Labute approximate surface area is 141 Å². The van der Waals surface area contributed by atoms with E-state index in [2.05, 4.69) is 27.1 Å². The summed E-state index contributed by atoms with van der Waals surface area (Å²) in [6.07, 6.45) is 5.26. The van der Waals surface area contributed by atoms with Crippen molar-refractivity contribution in [3.05, 3.63) is 30.3 Å². The summed E-state index contributed by atoms with van der Waals surface area (Å²) in [6.45, 7) is 4.27. The van der Waals surface area contributed by atoms with E-state index in [0.29, 0.717) is 23.3 Å². The summed E-state index contributed by atoms with van der Waals surface area (Å²) < 4.78 is 13.9. The molecule has 0 radical (unpaired) electrons. The first kappa shape index (κ1) is 16.6. The van der Waals surface area contributed by atoms with E-state index in [1.54, 1.807) is 6.07 Å². The van der Waals surface area contributed by atoms with Crippen molar-refractivity contribution in [3.63, 3.8) is 0 Å². The van der Waals surface area contributed by atoms with Gasteiger partial charge in [0.05, 0.1) is 5.92 Å². The third-order valence-electron chi connectivity index (χ3n) is 4.52. The minimum absolute atomic E-state index is 0.0471. The Balaban J connectivity index is 1.78. The van der Waals surface area contributed by atoms with E-state index >= 15 is 0 Å². The number of carbonyl (C=O) groups is 1. The lowest BCUT2D eigenvalue weighted by Crippen LogP contribution is -2.43. The quantitative estimate of drug-likeness (QED) is 0.857. The van der Waals surface area contributed by atoms with Crippen LogP contribution in [0, 0.1) is 11.7 Å². The number of carbonyl (C=O) groups excluding carboxylic acids is 1. The number of nitrogens with one attached hydrogen (secondary N) is 1. The highest BCUT2D eigenvalue weighted by atomic mass is 19.1. The van der Waals surface area contributed by atoms with Crippen LogP contribution < -0.4 is 10.2 Å². The van der Waals surface area contributed by atoms with Crippen LogP contribution in [0.5, 0.6) is 0 Å². The van der Waals surface area contributed by atoms with Crippen molar-refractivity contribution in [2.75, 3.05) is 24.5 Å². The fraction of sp³-hybridized carbons (Fsp3) is 0.500. The van der Waals surface area contributed by atoms with Gasteiger partial charge in [0.15, 0.2) is 0 Å². The molecule has 5 nitrogen and oxygen atoms in total. The van der Waals surface area contributed by atoms with Crippen LogP contribution in [0.2, 0.25) is 0 Å². The van der Waals surface area contributed by atoms with Gasteiger partial charge in [-0.3, -0.25) is 4.79 Å².